The van der Waals surface area contributed by atoms with Gasteiger partial charge in [-0.1, -0.05) is 12.1 Å². The van der Waals surface area contributed by atoms with E-state index in [4.69, 9.17) is 0 Å². The molecule has 0 unspecified atom stereocenters. The lowest BCUT2D eigenvalue weighted by atomic mass is 10.2. The third kappa shape index (κ3) is 2.83. The minimum absolute atomic E-state index is 0.00120. The van der Waals surface area contributed by atoms with E-state index in [1.165, 1.54) is 18.2 Å². The lowest BCUT2D eigenvalue weighted by Gasteiger charge is -2.16. The summed E-state index contributed by atoms with van der Waals surface area (Å²) in [5.41, 5.74) is 1.37. The maximum absolute atomic E-state index is 13.5. The van der Waals surface area contributed by atoms with Gasteiger partial charge in [-0.05, 0) is 42.8 Å². The molecule has 3 rings (SSSR count). The molecular weight excluding hydrogens is 283 g/mol. The summed E-state index contributed by atoms with van der Waals surface area (Å²) >= 11 is 0. The van der Waals surface area contributed by atoms with E-state index in [0.29, 0.717) is 12.1 Å². The molecule has 1 saturated heterocycles. The Morgan fingerprint density at radius 1 is 1.09 bits per heavy atom. The van der Waals surface area contributed by atoms with Gasteiger partial charge in [-0.25, -0.2) is 4.39 Å². The summed E-state index contributed by atoms with van der Waals surface area (Å²) in [6, 6.07) is 12.8. The molecule has 5 heteroatoms. The van der Waals surface area contributed by atoms with Gasteiger partial charge < -0.3 is 10.2 Å². The van der Waals surface area contributed by atoms with Crippen molar-refractivity contribution in [3.8, 4) is 0 Å². The molecule has 22 heavy (non-hydrogen) atoms. The first kappa shape index (κ1) is 14.3. The lowest BCUT2D eigenvalue weighted by molar-refractivity contribution is -0.117. The summed E-state index contributed by atoms with van der Waals surface area (Å²) in [6.07, 6.45) is 1.44. The van der Waals surface area contributed by atoms with Crippen LogP contribution in [0.3, 0.4) is 0 Å². The van der Waals surface area contributed by atoms with E-state index >= 15 is 0 Å². The van der Waals surface area contributed by atoms with Crippen molar-refractivity contribution in [2.24, 2.45) is 0 Å². The second-order valence-corrected chi connectivity index (χ2v) is 5.13. The molecule has 112 valence electrons. The Hall–Kier alpha value is -2.69. The molecule has 0 saturated carbocycles. The molecule has 2 amide bonds. The van der Waals surface area contributed by atoms with Gasteiger partial charge in [-0.2, -0.15) is 0 Å². The van der Waals surface area contributed by atoms with Crippen LogP contribution in [0.15, 0.2) is 48.5 Å². The fraction of sp³-hybridized carbons (Fsp3) is 0.176. The maximum Gasteiger partial charge on any atom is 0.258 e. The van der Waals surface area contributed by atoms with Crippen molar-refractivity contribution in [1.29, 1.82) is 0 Å². The summed E-state index contributed by atoms with van der Waals surface area (Å²) in [6.45, 7) is 0.722. The fourth-order valence-electron chi connectivity index (χ4n) is 2.49. The zero-order valence-electron chi connectivity index (χ0n) is 11.9. The van der Waals surface area contributed by atoms with Gasteiger partial charge in [-0.15, -0.1) is 0 Å². The first-order chi connectivity index (χ1) is 10.6. The molecule has 1 aliphatic heterocycles. The average Bonchev–Trinajstić information content (AvgIpc) is 2.94. The van der Waals surface area contributed by atoms with Crippen molar-refractivity contribution < 1.29 is 14.0 Å². The third-order valence-electron chi connectivity index (χ3n) is 3.63. The van der Waals surface area contributed by atoms with E-state index in [1.54, 1.807) is 35.2 Å². The average molecular weight is 298 g/mol. The second-order valence-electron chi connectivity index (χ2n) is 5.13. The highest BCUT2D eigenvalue weighted by molar-refractivity contribution is 6.04. The van der Waals surface area contributed by atoms with E-state index in [-0.39, 0.29) is 11.5 Å². The van der Waals surface area contributed by atoms with Crippen LogP contribution in [-0.2, 0) is 4.79 Å². The largest absolute Gasteiger partial charge is 0.322 e. The van der Waals surface area contributed by atoms with Crippen molar-refractivity contribution in [2.75, 3.05) is 16.8 Å². The van der Waals surface area contributed by atoms with Crippen LogP contribution in [-0.4, -0.2) is 18.4 Å². The molecule has 1 aliphatic rings. The number of rotatable bonds is 3. The van der Waals surface area contributed by atoms with E-state index in [2.05, 4.69) is 5.32 Å². The normalized spacial score (nSPS) is 14.2. The van der Waals surface area contributed by atoms with Gasteiger partial charge in [0.25, 0.3) is 5.91 Å². The van der Waals surface area contributed by atoms with Crippen molar-refractivity contribution in [1.82, 2.24) is 0 Å². The van der Waals surface area contributed by atoms with Crippen LogP contribution in [0.1, 0.15) is 23.2 Å². The van der Waals surface area contributed by atoms with E-state index in [1.807, 2.05) is 0 Å². The van der Waals surface area contributed by atoms with Gasteiger partial charge in [0.2, 0.25) is 5.91 Å². The van der Waals surface area contributed by atoms with Crippen molar-refractivity contribution in [3.05, 3.63) is 59.9 Å². The standard InChI is InChI=1S/C17H15FN2O2/c18-15-5-2-1-4-14(15)17(22)19-12-7-9-13(10-8-12)20-11-3-6-16(20)21/h1-2,4-5,7-10H,3,6,11H2,(H,19,22). The predicted octanol–water partition coefficient (Wildman–Crippen LogP) is 3.20. The molecule has 2 aromatic rings. The zero-order valence-corrected chi connectivity index (χ0v) is 11.9. The minimum atomic E-state index is -0.556. The number of amides is 2. The number of carbonyl (C=O) groups is 2. The number of nitrogens with one attached hydrogen (secondary N) is 1. The lowest BCUT2D eigenvalue weighted by Crippen LogP contribution is -2.23. The van der Waals surface area contributed by atoms with Crippen LogP contribution in [0.2, 0.25) is 0 Å². The molecule has 1 fully saturated rings. The van der Waals surface area contributed by atoms with Crippen molar-refractivity contribution >= 4 is 23.2 Å². The quantitative estimate of drug-likeness (QED) is 0.946. The van der Waals surface area contributed by atoms with Crippen LogP contribution in [0.4, 0.5) is 15.8 Å². The summed E-state index contributed by atoms with van der Waals surface area (Å²) in [5.74, 6) is -0.939. The predicted molar refractivity (Wildman–Crippen MR) is 82.4 cm³/mol. The SMILES string of the molecule is O=C(Nc1ccc(N2CCCC2=O)cc1)c1ccccc1F. The number of hydrogen-bond acceptors (Lipinski definition) is 2. The molecule has 0 radical (unpaired) electrons. The highest BCUT2D eigenvalue weighted by Gasteiger charge is 2.21. The molecule has 1 heterocycles. The number of carbonyl (C=O) groups excluding carboxylic acids is 2. The Bertz CT molecular complexity index is 713. The van der Waals surface area contributed by atoms with E-state index in [0.717, 1.165) is 18.7 Å². The van der Waals surface area contributed by atoms with Crippen LogP contribution in [0.5, 0.6) is 0 Å². The smallest absolute Gasteiger partial charge is 0.258 e. The summed E-state index contributed by atoms with van der Waals surface area (Å²) in [5, 5.41) is 2.65. The number of hydrogen-bond donors (Lipinski definition) is 1. The Morgan fingerprint density at radius 3 is 2.45 bits per heavy atom. The van der Waals surface area contributed by atoms with E-state index in [9.17, 15) is 14.0 Å². The molecule has 2 aromatic carbocycles. The summed E-state index contributed by atoms with van der Waals surface area (Å²) in [7, 11) is 0. The van der Waals surface area contributed by atoms with Crippen molar-refractivity contribution in [2.45, 2.75) is 12.8 Å². The molecule has 4 nitrogen and oxygen atoms in total. The first-order valence-corrected chi connectivity index (χ1v) is 7.11. The van der Waals surface area contributed by atoms with Crippen molar-refractivity contribution in [3.63, 3.8) is 0 Å². The number of nitrogens with zero attached hydrogens (tertiary/aromatic N) is 1. The molecule has 0 aromatic heterocycles. The van der Waals surface area contributed by atoms with E-state index < -0.39 is 11.7 Å². The second kappa shape index (κ2) is 5.97. The topological polar surface area (TPSA) is 49.4 Å². The molecule has 0 bridgehead atoms. The monoisotopic (exact) mass is 298 g/mol. The molecular formula is C17H15FN2O2. The van der Waals surface area contributed by atoms with Gasteiger partial charge in [-0.3, -0.25) is 9.59 Å². The Balaban J connectivity index is 1.72. The van der Waals surface area contributed by atoms with Gasteiger partial charge in [0.1, 0.15) is 5.82 Å². The Labute approximate surface area is 127 Å². The summed E-state index contributed by atoms with van der Waals surface area (Å²) in [4.78, 5) is 25.4. The van der Waals surface area contributed by atoms with Crippen LogP contribution in [0, 0.1) is 5.82 Å². The van der Waals surface area contributed by atoms with Gasteiger partial charge in [0, 0.05) is 24.3 Å². The zero-order chi connectivity index (χ0) is 15.5. The first-order valence-electron chi connectivity index (χ1n) is 7.11. The highest BCUT2D eigenvalue weighted by Crippen LogP contribution is 2.23. The number of halogens is 1. The fourth-order valence-corrected chi connectivity index (χ4v) is 2.49. The van der Waals surface area contributed by atoms with Gasteiger partial charge in [0.05, 0.1) is 5.56 Å². The summed E-state index contributed by atoms with van der Waals surface area (Å²) < 4.78 is 13.5. The van der Waals surface area contributed by atoms with Crippen LogP contribution >= 0.6 is 0 Å². The molecule has 0 aliphatic carbocycles. The highest BCUT2D eigenvalue weighted by atomic mass is 19.1. The van der Waals surface area contributed by atoms with Crippen LogP contribution in [0.25, 0.3) is 0 Å². The third-order valence-corrected chi connectivity index (χ3v) is 3.63. The maximum atomic E-state index is 13.5. The van der Waals surface area contributed by atoms with Crippen LogP contribution < -0.4 is 10.2 Å². The van der Waals surface area contributed by atoms with Gasteiger partial charge in [0.15, 0.2) is 0 Å². The Morgan fingerprint density at radius 2 is 1.82 bits per heavy atom. The number of anilines is 2. The molecule has 0 spiro atoms. The van der Waals surface area contributed by atoms with Gasteiger partial charge >= 0.3 is 0 Å². The Kier molecular flexibility index (Phi) is 3.87. The molecule has 0 atom stereocenters. The number of benzene rings is 2. The molecule has 1 N–H and O–H groups in total. The minimum Gasteiger partial charge on any atom is -0.322 e.